The second-order valence-corrected chi connectivity index (χ2v) is 5.52. The Kier molecular flexibility index (Phi) is 4.24. The molecule has 0 aliphatic heterocycles. The van der Waals surface area contributed by atoms with E-state index in [0.717, 1.165) is 22.3 Å². The fourth-order valence-corrected chi connectivity index (χ4v) is 2.69. The number of rotatable bonds is 4. The molecular formula is C15H11F3N4S. The fourth-order valence-electron chi connectivity index (χ4n) is 1.86. The van der Waals surface area contributed by atoms with Crippen molar-refractivity contribution in [2.75, 3.05) is 5.32 Å². The molecular weight excluding hydrogens is 325 g/mol. The molecule has 0 radical (unpaired) electrons. The quantitative estimate of drug-likeness (QED) is 0.774. The van der Waals surface area contributed by atoms with E-state index < -0.39 is 11.9 Å². The molecule has 0 atom stereocenters. The van der Waals surface area contributed by atoms with Gasteiger partial charge in [-0.2, -0.15) is 13.2 Å². The number of anilines is 1. The minimum absolute atomic E-state index is 0.271. The molecule has 0 fully saturated rings. The van der Waals surface area contributed by atoms with E-state index in [4.69, 9.17) is 0 Å². The molecule has 0 amide bonds. The first kappa shape index (κ1) is 15.4. The third-order valence-electron chi connectivity index (χ3n) is 2.98. The van der Waals surface area contributed by atoms with Crippen LogP contribution in [0.4, 0.5) is 19.0 Å². The Morgan fingerprint density at radius 2 is 1.78 bits per heavy atom. The van der Waals surface area contributed by atoms with Crippen LogP contribution in [0.1, 0.15) is 11.4 Å². The topological polar surface area (TPSA) is 50.7 Å². The normalized spacial score (nSPS) is 11.4. The molecule has 23 heavy (non-hydrogen) atoms. The predicted octanol–water partition coefficient (Wildman–Crippen LogP) is 4.23. The monoisotopic (exact) mass is 336 g/mol. The number of benzene rings is 1. The van der Waals surface area contributed by atoms with Crippen LogP contribution in [0.3, 0.4) is 0 Å². The van der Waals surface area contributed by atoms with Gasteiger partial charge < -0.3 is 5.32 Å². The van der Waals surface area contributed by atoms with Gasteiger partial charge in [0.25, 0.3) is 0 Å². The van der Waals surface area contributed by atoms with Gasteiger partial charge >= 0.3 is 6.18 Å². The van der Waals surface area contributed by atoms with Crippen molar-refractivity contribution in [1.29, 1.82) is 0 Å². The molecule has 0 bridgehead atoms. The summed E-state index contributed by atoms with van der Waals surface area (Å²) in [6.45, 7) is 0.364. The van der Waals surface area contributed by atoms with Gasteiger partial charge in [0.2, 0.25) is 0 Å². The number of nitrogens with one attached hydrogen (secondary N) is 1. The van der Waals surface area contributed by atoms with Gasteiger partial charge in [-0.15, -0.1) is 21.5 Å². The zero-order chi connectivity index (χ0) is 16.3. The van der Waals surface area contributed by atoms with Gasteiger partial charge in [0.1, 0.15) is 10.8 Å². The molecule has 1 aromatic carbocycles. The van der Waals surface area contributed by atoms with Crippen molar-refractivity contribution in [3.05, 3.63) is 59.2 Å². The van der Waals surface area contributed by atoms with E-state index in [1.807, 2.05) is 35.7 Å². The van der Waals surface area contributed by atoms with Gasteiger partial charge in [-0.05, 0) is 12.1 Å². The van der Waals surface area contributed by atoms with E-state index in [-0.39, 0.29) is 5.82 Å². The molecule has 2 aromatic heterocycles. The van der Waals surface area contributed by atoms with Gasteiger partial charge in [0.15, 0.2) is 5.69 Å². The van der Waals surface area contributed by atoms with Crippen molar-refractivity contribution >= 4 is 17.2 Å². The molecule has 1 N–H and O–H groups in total. The van der Waals surface area contributed by atoms with Crippen LogP contribution in [0, 0.1) is 0 Å². The van der Waals surface area contributed by atoms with Crippen LogP contribution >= 0.6 is 11.3 Å². The third kappa shape index (κ3) is 3.84. The lowest BCUT2D eigenvalue weighted by Gasteiger charge is -2.06. The van der Waals surface area contributed by atoms with Crippen LogP contribution in [0.25, 0.3) is 10.6 Å². The highest BCUT2D eigenvalue weighted by molar-refractivity contribution is 7.13. The molecule has 118 valence electrons. The van der Waals surface area contributed by atoms with Gasteiger partial charge in [-0.3, -0.25) is 0 Å². The van der Waals surface area contributed by atoms with E-state index >= 15 is 0 Å². The molecule has 3 aromatic rings. The first-order valence-electron chi connectivity index (χ1n) is 6.67. The molecule has 0 saturated carbocycles. The Balaban J connectivity index is 1.64. The van der Waals surface area contributed by atoms with Crippen molar-refractivity contribution in [3.8, 4) is 10.6 Å². The lowest BCUT2D eigenvalue weighted by atomic mass is 10.2. The summed E-state index contributed by atoms with van der Waals surface area (Å²) in [5.41, 5.74) is 0.802. The van der Waals surface area contributed by atoms with Crippen molar-refractivity contribution in [1.82, 2.24) is 15.2 Å². The number of thiazole rings is 1. The van der Waals surface area contributed by atoms with E-state index in [1.165, 1.54) is 17.4 Å². The maximum Gasteiger partial charge on any atom is 0.435 e. The standard InChI is InChI=1S/C15H11F3N4S/c16-15(17,18)12-6-7-13(22-21-12)19-8-11-9-23-14(20-11)10-4-2-1-3-5-10/h1-7,9H,8H2,(H,19,22). The molecule has 4 nitrogen and oxygen atoms in total. The van der Waals surface area contributed by atoms with Gasteiger partial charge in [-0.1, -0.05) is 30.3 Å². The third-order valence-corrected chi connectivity index (χ3v) is 3.92. The molecule has 2 heterocycles. The summed E-state index contributed by atoms with van der Waals surface area (Å²) in [7, 11) is 0. The van der Waals surface area contributed by atoms with Crippen LogP contribution < -0.4 is 5.32 Å². The summed E-state index contributed by atoms with van der Waals surface area (Å²) in [4.78, 5) is 4.48. The number of hydrogen-bond donors (Lipinski definition) is 1. The van der Waals surface area contributed by atoms with Crippen LogP contribution in [-0.4, -0.2) is 15.2 Å². The SMILES string of the molecule is FC(F)(F)c1ccc(NCc2csc(-c3ccccc3)n2)nn1. The molecule has 0 unspecified atom stereocenters. The lowest BCUT2D eigenvalue weighted by molar-refractivity contribution is -0.141. The van der Waals surface area contributed by atoms with Crippen LogP contribution in [0.2, 0.25) is 0 Å². The van der Waals surface area contributed by atoms with Crippen molar-refractivity contribution in [2.24, 2.45) is 0 Å². The van der Waals surface area contributed by atoms with Crippen LogP contribution in [0.5, 0.6) is 0 Å². The van der Waals surface area contributed by atoms with E-state index in [1.54, 1.807) is 0 Å². The highest BCUT2D eigenvalue weighted by Gasteiger charge is 2.32. The Morgan fingerprint density at radius 1 is 1.00 bits per heavy atom. The summed E-state index contributed by atoms with van der Waals surface area (Å²) in [5, 5.41) is 12.4. The highest BCUT2D eigenvalue weighted by atomic mass is 32.1. The zero-order valence-corrected chi connectivity index (χ0v) is 12.5. The molecule has 0 aliphatic rings. The molecule has 3 rings (SSSR count). The number of hydrogen-bond acceptors (Lipinski definition) is 5. The fraction of sp³-hybridized carbons (Fsp3) is 0.133. The summed E-state index contributed by atoms with van der Waals surface area (Å²) in [5.74, 6) is 0.271. The smallest absolute Gasteiger partial charge is 0.363 e. The molecule has 8 heteroatoms. The Hall–Kier alpha value is -2.48. The minimum Gasteiger partial charge on any atom is -0.363 e. The predicted molar refractivity (Wildman–Crippen MR) is 81.9 cm³/mol. The average molecular weight is 336 g/mol. The van der Waals surface area contributed by atoms with E-state index in [2.05, 4.69) is 20.5 Å². The summed E-state index contributed by atoms with van der Waals surface area (Å²) in [6, 6.07) is 11.9. The van der Waals surface area contributed by atoms with Gasteiger partial charge in [0, 0.05) is 10.9 Å². The first-order chi connectivity index (χ1) is 11.0. The second-order valence-electron chi connectivity index (χ2n) is 4.67. The second kappa shape index (κ2) is 6.33. The van der Waals surface area contributed by atoms with Crippen molar-refractivity contribution in [3.63, 3.8) is 0 Å². The highest BCUT2D eigenvalue weighted by Crippen LogP contribution is 2.27. The summed E-state index contributed by atoms with van der Waals surface area (Å²) < 4.78 is 37.2. The maximum atomic E-state index is 12.4. The lowest BCUT2D eigenvalue weighted by Crippen LogP contribution is -2.10. The Bertz CT molecular complexity index is 769. The molecule has 0 saturated heterocycles. The average Bonchev–Trinajstić information content (AvgIpc) is 3.02. The summed E-state index contributed by atoms with van der Waals surface area (Å²) >= 11 is 1.51. The van der Waals surface area contributed by atoms with Crippen molar-refractivity contribution in [2.45, 2.75) is 12.7 Å². The number of halogens is 3. The number of nitrogens with zero attached hydrogens (tertiary/aromatic N) is 3. The van der Waals surface area contributed by atoms with E-state index in [0.29, 0.717) is 6.54 Å². The number of aromatic nitrogens is 3. The van der Waals surface area contributed by atoms with Crippen LogP contribution in [0.15, 0.2) is 47.8 Å². The largest absolute Gasteiger partial charge is 0.435 e. The van der Waals surface area contributed by atoms with Gasteiger partial charge in [-0.25, -0.2) is 4.98 Å². The minimum atomic E-state index is -4.48. The first-order valence-corrected chi connectivity index (χ1v) is 7.55. The van der Waals surface area contributed by atoms with Crippen LogP contribution in [-0.2, 0) is 12.7 Å². The Morgan fingerprint density at radius 3 is 2.43 bits per heavy atom. The van der Waals surface area contributed by atoms with E-state index in [9.17, 15) is 13.2 Å². The van der Waals surface area contributed by atoms with Gasteiger partial charge in [0.05, 0.1) is 12.2 Å². The zero-order valence-electron chi connectivity index (χ0n) is 11.7. The molecule has 0 aliphatic carbocycles. The van der Waals surface area contributed by atoms with Crippen molar-refractivity contribution < 1.29 is 13.2 Å². The molecule has 0 spiro atoms. The maximum absolute atomic E-state index is 12.4. The Labute approximate surface area is 134 Å². The number of alkyl halides is 3. The summed E-state index contributed by atoms with van der Waals surface area (Å²) in [6.07, 6.45) is -4.48.